The maximum Gasteiger partial charge on any atom is 0.236 e. The lowest BCUT2D eigenvalue weighted by molar-refractivity contribution is -0.113. The number of aromatic nitrogens is 1. The Bertz CT molecular complexity index is 863. The predicted molar refractivity (Wildman–Crippen MR) is 104 cm³/mol. The van der Waals surface area contributed by atoms with Gasteiger partial charge in [0, 0.05) is 21.5 Å². The molecule has 0 radical (unpaired) electrons. The number of anilines is 2. The van der Waals surface area contributed by atoms with Crippen molar-refractivity contribution in [2.45, 2.75) is 4.90 Å². The van der Waals surface area contributed by atoms with Gasteiger partial charge >= 0.3 is 0 Å². The quantitative estimate of drug-likeness (QED) is 0.503. The third-order valence-corrected chi connectivity index (χ3v) is 5.15. The molecule has 25 heavy (non-hydrogen) atoms. The van der Waals surface area contributed by atoms with Crippen LogP contribution in [-0.4, -0.2) is 23.8 Å². The van der Waals surface area contributed by atoms with Gasteiger partial charge in [-0.05, 0) is 36.4 Å². The van der Waals surface area contributed by atoms with E-state index in [0.717, 1.165) is 21.9 Å². The Balaban J connectivity index is 1.61. The number of nitrogens with one attached hydrogen (secondary N) is 1. The van der Waals surface area contributed by atoms with Crippen LogP contribution in [-0.2, 0) is 4.79 Å². The number of carbonyl (C=O) groups excluding carboxylic acids is 1. The van der Waals surface area contributed by atoms with Gasteiger partial charge < -0.3 is 15.8 Å². The highest BCUT2D eigenvalue weighted by molar-refractivity contribution is 8.00. The minimum atomic E-state index is -0.0947. The number of hydrogen-bond donors (Lipinski definition) is 2. The van der Waals surface area contributed by atoms with Crippen LogP contribution in [0.4, 0.5) is 10.8 Å². The van der Waals surface area contributed by atoms with Gasteiger partial charge in [0.15, 0.2) is 5.13 Å². The first-order valence-corrected chi connectivity index (χ1v) is 9.39. The van der Waals surface area contributed by atoms with Crippen LogP contribution in [0.15, 0.2) is 58.8 Å². The Morgan fingerprint density at radius 1 is 1.24 bits per heavy atom. The van der Waals surface area contributed by atoms with Crippen molar-refractivity contribution in [2.75, 3.05) is 23.9 Å². The van der Waals surface area contributed by atoms with Gasteiger partial charge in [0.25, 0.3) is 0 Å². The number of benzene rings is 2. The van der Waals surface area contributed by atoms with E-state index in [0.29, 0.717) is 16.6 Å². The molecule has 1 heterocycles. The Morgan fingerprint density at radius 2 is 2.00 bits per heavy atom. The van der Waals surface area contributed by atoms with Crippen molar-refractivity contribution in [3.05, 3.63) is 53.9 Å². The average molecular weight is 371 g/mol. The summed E-state index contributed by atoms with van der Waals surface area (Å²) in [5, 5.41) is 5.31. The highest BCUT2D eigenvalue weighted by atomic mass is 32.2. The van der Waals surface area contributed by atoms with Crippen LogP contribution in [0.25, 0.3) is 11.3 Å². The van der Waals surface area contributed by atoms with E-state index >= 15 is 0 Å². The number of rotatable bonds is 6. The minimum absolute atomic E-state index is 0.0947. The lowest BCUT2D eigenvalue weighted by Crippen LogP contribution is -2.13. The van der Waals surface area contributed by atoms with Gasteiger partial charge in [-0.2, -0.15) is 0 Å². The first-order valence-electron chi connectivity index (χ1n) is 7.53. The molecule has 0 aliphatic carbocycles. The van der Waals surface area contributed by atoms with Crippen molar-refractivity contribution in [3.8, 4) is 17.0 Å². The molecule has 2 aromatic carbocycles. The Labute approximate surface area is 154 Å². The molecule has 0 fully saturated rings. The molecule has 0 saturated heterocycles. The first-order chi connectivity index (χ1) is 12.2. The molecular weight excluding hydrogens is 354 g/mol. The van der Waals surface area contributed by atoms with Crippen molar-refractivity contribution >= 4 is 39.8 Å². The monoisotopic (exact) mass is 371 g/mol. The van der Waals surface area contributed by atoms with Gasteiger partial charge in [-0.1, -0.05) is 12.1 Å². The normalized spacial score (nSPS) is 10.4. The van der Waals surface area contributed by atoms with E-state index < -0.39 is 0 Å². The SMILES string of the molecule is COc1ccccc1-c1csc(NC(=O)CSc2ccc(N)cc2)n1. The van der Waals surface area contributed by atoms with Gasteiger partial charge in [-0.25, -0.2) is 4.98 Å². The first kappa shape index (κ1) is 17.3. The largest absolute Gasteiger partial charge is 0.496 e. The van der Waals surface area contributed by atoms with Crippen molar-refractivity contribution < 1.29 is 9.53 Å². The maximum absolute atomic E-state index is 12.1. The van der Waals surface area contributed by atoms with Crippen LogP contribution in [0.1, 0.15) is 0 Å². The zero-order chi connectivity index (χ0) is 17.6. The van der Waals surface area contributed by atoms with Crippen molar-refractivity contribution in [2.24, 2.45) is 0 Å². The zero-order valence-corrected chi connectivity index (χ0v) is 15.2. The Kier molecular flexibility index (Phi) is 5.57. The summed E-state index contributed by atoms with van der Waals surface area (Å²) in [4.78, 5) is 17.6. The fraction of sp³-hybridized carbons (Fsp3) is 0.111. The molecule has 0 aliphatic rings. The second-order valence-electron chi connectivity index (χ2n) is 5.14. The molecule has 0 saturated carbocycles. The van der Waals surface area contributed by atoms with Crippen LogP contribution in [0.2, 0.25) is 0 Å². The maximum atomic E-state index is 12.1. The van der Waals surface area contributed by atoms with Gasteiger partial charge in [0.1, 0.15) is 5.75 Å². The summed E-state index contributed by atoms with van der Waals surface area (Å²) < 4.78 is 5.35. The average Bonchev–Trinajstić information content (AvgIpc) is 3.09. The molecule has 0 atom stereocenters. The summed E-state index contributed by atoms with van der Waals surface area (Å²) >= 11 is 2.85. The predicted octanol–water partition coefficient (Wildman–Crippen LogP) is 4.13. The molecule has 5 nitrogen and oxygen atoms in total. The highest BCUT2D eigenvalue weighted by Crippen LogP contribution is 2.32. The molecule has 1 amide bonds. The number of amides is 1. The van der Waals surface area contributed by atoms with Crippen molar-refractivity contribution in [1.82, 2.24) is 4.98 Å². The summed E-state index contributed by atoms with van der Waals surface area (Å²) in [5.74, 6) is 0.973. The molecular formula is C18H17N3O2S2. The molecule has 3 rings (SSSR count). The van der Waals surface area contributed by atoms with Crippen LogP contribution in [0.3, 0.4) is 0 Å². The van der Waals surface area contributed by atoms with E-state index in [9.17, 15) is 4.79 Å². The second kappa shape index (κ2) is 8.04. The molecule has 0 bridgehead atoms. The molecule has 128 valence electrons. The van der Waals surface area contributed by atoms with Crippen LogP contribution >= 0.6 is 23.1 Å². The summed E-state index contributed by atoms with van der Waals surface area (Å²) in [7, 11) is 1.63. The number of thiazole rings is 1. The van der Waals surface area contributed by atoms with Crippen LogP contribution < -0.4 is 15.8 Å². The van der Waals surface area contributed by atoms with E-state index in [4.69, 9.17) is 10.5 Å². The third kappa shape index (κ3) is 4.52. The fourth-order valence-corrected chi connectivity index (χ4v) is 3.60. The van der Waals surface area contributed by atoms with Gasteiger partial charge in [0.2, 0.25) is 5.91 Å². The lowest BCUT2D eigenvalue weighted by Gasteiger charge is -2.05. The number of thioether (sulfide) groups is 1. The van der Waals surface area contributed by atoms with Gasteiger partial charge in [-0.3, -0.25) is 4.79 Å². The van der Waals surface area contributed by atoms with Crippen LogP contribution in [0.5, 0.6) is 5.75 Å². The smallest absolute Gasteiger partial charge is 0.236 e. The summed E-state index contributed by atoms with van der Waals surface area (Å²) in [6, 6.07) is 15.1. The molecule has 1 aromatic heterocycles. The molecule has 3 N–H and O–H groups in total. The number of nitrogens with zero attached hydrogens (tertiary/aromatic N) is 1. The number of para-hydroxylation sites is 1. The van der Waals surface area contributed by atoms with Gasteiger partial charge in [0.05, 0.1) is 18.6 Å². The van der Waals surface area contributed by atoms with Gasteiger partial charge in [-0.15, -0.1) is 23.1 Å². The molecule has 7 heteroatoms. The summed E-state index contributed by atoms with van der Waals surface area (Å²) in [6.07, 6.45) is 0. The van der Waals surface area contributed by atoms with E-state index in [1.807, 2.05) is 53.9 Å². The number of carbonyl (C=O) groups is 1. The number of nitrogens with two attached hydrogens (primary N) is 1. The van der Waals surface area contributed by atoms with Crippen LogP contribution in [0, 0.1) is 0 Å². The topological polar surface area (TPSA) is 77.2 Å². The number of nitrogen functional groups attached to an aromatic ring is 1. The molecule has 0 spiro atoms. The number of methoxy groups -OCH3 is 1. The summed E-state index contributed by atoms with van der Waals surface area (Å²) in [6.45, 7) is 0. The third-order valence-electron chi connectivity index (χ3n) is 3.38. The lowest BCUT2D eigenvalue weighted by atomic mass is 10.1. The Hall–Kier alpha value is -2.51. The number of ether oxygens (including phenoxy) is 1. The molecule has 3 aromatic rings. The standard InChI is InChI=1S/C18H17N3O2S2/c1-23-16-5-3-2-4-14(16)15-10-25-18(20-15)21-17(22)11-24-13-8-6-12(19)7-9-13/h2-10H,11,19H2,1H3,(H,20,21,22). The van der Waals surface area contributed by atoms with E-state index in [1.54, 1.807) is 7.11 Å². The second-order valence-corrected chi connectivity index (χ2v) is 7.05. The van der Waals surface area contributed by atoms with E-state index in [1.165, 1.54) is 23.1 Å². The highest BCUT2D eigenvalue weighted by Gasteiger charge is 2.11. The fourth-order valence-electron chi connectivity index (χ4n) is 2.18. The van der Waals surface area contributed by atoms with E-state index in [-0.39, 0.29) is 5.91 Å². The Morgan fingerprint density at radius 3 is 2.76 bits per heavy atom. The van der Waals surface area contributed by atoms with Crippen molar-refractivity contribution in [1.29, 1.82) is 0 Å². The zero-order valence-electron chi connectivity index (χ0n) is 13.6. The minimum Gasteiger partial charge on any atom is -0.496 e. The van der Waals surface area contributed by atoms with Crippen molar-refractivity contribution in [3.63, 3.8) is 0 Å². The van der Waals surface area contributed by atoms with E-state index in [2.05, 4.69) is 10.3 Å². The number of hydrogen-bond acceptors (Lipinski definition) is 6. The molecule has 0 aliphatic heterocycles. The molecule has 0 unspecified atom stereocenters. The summed E-state index contributed by atoms with van der Waals surface area (Å²) in [5.41, 5.74) is 8.04.